The van der Waals surface area contributed by atoms with Gasteiger partial charge in [0.15, 0.2) is 5.69 Å². The zero-order chi connectivity index (χ0) is 24.4. The summed E-state index contributed by atoms with van der Waals surface area (Å²) in [5.41, 5.74) is 4.67. The molecule has 1 heterocycles. The summed E-state index contributed by atoms with van der Waals surface area (Å²) in [4.78, 5) is 37.8. The van der Waals surface area contributed by atoms with E-state index in [-0.39, 0.29) is 30.5 Å². The number of benzene rings is 2. The lowest BCUT2D eigenvalue weighted by molar-refractivity contribution is -0.141. The summed E-state index contributed by atoms with van der Waals surface area (Å²) < 4.78 is 6.96. The van der Waals surface area contributed by atoms with Crippen molar-refractivity contribution in [3.05, 3.63) is 71.5 Å². The molecular formula is C25H26N4O5. The molecule has 9 nitrogen and oxygen atoms in total. The monoisotopic (exact) mass is 462 g/mol. The van der Waals surface area contributed by atoms with Gasteiger partial charge in [0.25, 0.3) is 5.91 Å². The summed E-state index contributed by atoms with van der Waals surface area (Å²) in [5.74, 6) is -2.33. The third-order valence-electron chi connectivity index (χ3n) is 5.93. The molecule has 4 rings (SSSR count). The van der Waals surface area contributed by atoms with Crippen molar-refractivity contribution in [1.82, 2.24) is 14.7 Å². The van der Waals surface area contributed by atoms with E-state index in [1.54, 1.807) is 7.05 Å². The number of nitrogens with zero attached hydrogens (tertiary/aromatic N) is 3. The zero-order valence-electron chi connectivity index (χ0n) is 19.2. The largest absolute Gasteiger partial charge is 0.481 e. The van der Waals surface area contributed by atoms with E-state index in [9.17, 15) is 14.4 Å². The predicted octanol–water partition coefficient (Wildman–Crippen LogP) is 3.57. The van der Waals surface area contributed by atoms with E-state index in [4.69, 9.17) is 9.84 Å². The Morgan fingerprint density at radius 2 is 1.71 bits per heavy atom. The number of carbonyl (C=O) groups excluding carboxylic acids is 2. The molecular weight excluding hydrogens is 436 g/mol. The Hall–Kier alpha value is -4.14. The number of rotatable bonds is 7. The van der Waals surface area contributed by atoms with Crippen molar-refractivity contribution in [3.8, 4) is 11.1 Å². The molecule has 0 bridgehead atoms. The molecule has 2 N–H and O–H groups in total. The van der Waals surface area contributed by atoms with Gasteiger partial charge in [-0.3, -0.25) is 19.6 Å². The van der Waals surface area contributed by atoms with E-state index in [0.717, 1.165) is 22.3 Å². The molecule has 1 aliphatic carbocycles. The minimum Gasteiger partial charge on any atom is -0.481 e. The first-order chi connectivity index (χ1) is 16.3. The van der Waals surface area contributed by atoms with E-state index in [0.29, 0.717) is 0 Å². The van der Waals surface area contributed by atoms with Gasteiger partial charge in [0.05, 0.1) is 11.6 Å². The van der Waals surface area contributed by atoms with Crippen molar-refractivity contribution < 1.29 is 24.2 Å². The summed E-state index contributed by atoms with van der Waals surface area (Å²) >= 11 is 0. The Balaban J connectivity index is 1.45. The molecule has 0 aliphatic heterocycles. The SMILES string of the molecule is CC(CN(C)C(=O)c1nn(C)cc1NC(=O)OCC1c2ccccc2-c2ccccc21)C(=O)O. The van der Waals surface area contributed by atoms with Gasteiger partial charge in [0.2, 0.25) is 0 Å². The van der Waals surface area contributed by atoms with E-state index >= 15 is 0 Å². The Kier molecular flexibility index (Phi) is 6.36. The van der Waals surface area contributed by atoms with Crippen LogP contribution in [0.15, 0.2) is 54.7 Å². The summed E-state index contributed by atoms with van der Waals surface area (Å²) in [7, 11) is 3.12. The smallest absolute Gasteiger partial charge is 0.411 e. The van der Waals surface area contributed by atoms with E-state index in [2.05, 4.69) is 22.5 Å². The van der Waals surface area contributed by atoms with Crippen molar-refractivity contribution in [1.29, 1.82) is 0 Å². The average Bonchev–Trinajstić information content (AvgIpc) is 3.34. The van der Waals surface area contributed by atoms with E-state index < -0.39 is 23.9 Å². The lowest BCUT2D eigenvalue weighted by Crippen LogP contribution is -2.34. The number of nitrogens with one attached hydrogen (secondary N) is 1. The number of hydrogen-bond acceptors (Lipinski definition) is 5. The van der Waals surface area contributed by atoms with E-state index in [1.165, 1.54) is 29.7 Å². The number of fused-ring (bicyclic) bond motifs is 3. The number of hydrogen-bond donors (Lipinski definition) is 2. The molecule has 176 valence electrons. The molecule has 0 radical (unpaired) electrons. The van der Waals surface area contributed by atoms with Crippen LogP contribution in [-0.4, -0.2) is 58.0 Å². The number of carbonyl (C=O) groups is 3. The molecule has 0 saturated carbocycles. The second-order valence-corrected chi connectivity index (χ2v) is 8.44. The van der Waals surface area contributed by atoms with Gasteiger partial charge in [-0.2, -0.15) is 5.10 Å². The molecule has 1 aromatic heterocycles. The minimum absolute atomic E-state index is 0.00905. The van der Waals surface area contributed by atoms with Crippen LogP contribution in [-0.2, 0) is 16.6 Å². The molecule has 34 heavy (non-hydrogen) atoms. The summed E-state index contributed by atoms with van der Waals surface area (Å²) in [6.07, 6.45) is 0.800. The van der Waals surface area contributed by atoms with Crippen LogP contribution in [0.3, 0.4) is 0 Å². The molecule has 9 heteroatoms. The summed E-state index contributed by atoms with van der Waals surface area (Å²) in [5, 5.41) is 15.8. The first kappa shape index (κ1) is 23.0. The highest BCUT2D eigenvalue weighted by Gasteiger charge is 2.29. The number of aryl methyl sites for hydroxylation is 1. The van der Waals surface area contributed by atoms with Crippen LogP contribution < -0.4 is 5.32 Å². The number of carboxylic acid groups (broad SMARTS) is 1. The third-order valence-corrected chi connectivity index (χ3v) is 5.93. The van der Waals surface area contributed by atoms with Crippen LogP contribution in [0.5, 0.6) is 0 Å². The third kappa shape index (κ3) is 4.50. The summed E-state index contributed by atoms with van der Waals surface area (Å²) in [6, 6.07) is 16.1. The average molecular weight is 463 g/mol. The normalized spacial score (nSPS) is 13.0. The van der Waals surface area contributed by atoms with Gasteiger partial charge in [0, 0.05) is 32.8 Å². The minimum atomic E-state index is -1.00. The molecule has 2 aromatic carbocycles. The Morgan fingerprint density at radius 3 is 2.29 bits per heavy atom. The predicted molar refractivity (Wildman–Crippen MR) is 126 cm³/mol. The maximum absolute atomic E-state index is 12.8. The first-order valence-corrected chi connectivity index (χ1v) is 10.9. The fraction of sp³-hybridized carbons (Fsp3) is 0.280. The van der Waals surface area contributed by atoms with Crippen molar-refractivity contribution in [3.63, 3.8) is 0 Å². The van der Waals surface area contributed by atoms with Crippen LogP contribution in [0.1, 0.15) is 34.5 Å². The van der Waals surface area contributed by atoms with Gasteiger partial charge in [0.1, 0.15) is 6.61 Å². The van der Waals surface area contributed by atoms with Gasteiger partial charge in [-0.15, -0.1) is 0 Å². The fourth-order valence-corrected chi connectivity index (χ4v) is 4.23. The van der Waals surface area contributed by atoms with Crippen LogP contribution in [0.4, 0.5) is 10.5 Å². The Morgan fingerprint density at radius 1 is 1.12 bits per heavy atom. The molecule has 0 saturated heterocycles. The Bertz CT molecular complexity index is 1210. The molecule has 1 atom stereocenters. The number of amides is 2. The van der Waals surface area contributed by atoms with E-state index in [1.807, 2.05) is 36.4 Å². The zero-order valence-corrected chi connectivity index (χ0v) is 19.2. The maximum Gasteiger partial charge on any atom is 0.411 e. The van der Waals surface area contributed by atoms with Crippen molar-refractivity contribution >= 4 is 23.7 Å². The second-order valence-electron chi connectivity index (χ2n) is 8.44. The number of carboxylic acids is 1. The van der Waals surface area contributed by atoms with Crippen molar-refractivity contribution in [2.75, 3.05) is 25.5 Å². The summed E-state index contributed by atoms with van der Waals surface area (Å²) in [6.45, 7) is 1.66. The van der Waals surface area contributed by atoms with Gasteiger partial charge >= 0.3 is 12.1 Å². The number of aromatic nitrogens is 2. The van der Waals surface area contributed by atoms with Crippen LogP contribution in [0.25, 0.3) is 11.1 Å². The van der Waals surface area contributed by atoms with Gasteiger partial charge in [-0.1, -0.05) is 55.5 Å². The molecule has 1 unspecified atom stereocenters. The molecule has 1 aliphatic rings. The Labute approximate surface area is 196 Å². The van der Waals surface area contributed by atoms with Gasteiger partial charge < -0.3 is 14.7 Å². The van der Waals surface area contributed by atoms with Crippen molar-refractivity contribution in [2.45, 2.75) is 12.8 Å². The number of anilines is 1. The molecule has 0 spiro atoms. The highest BCUT2D eigenvalue weighted by Crippen LogP contribution is 2.44. The maximum atomic E-state index is 12.8. The quantitative estimate of drug-likeness (QED) is 0.555. The molecule has 3 aromatic rings. The first-order valence-electron chi connectivity index (χ1n) is 10.9. The van der Waals surface area contributed by atoms with Crippen LogP contribution in [0.2, 0.25) is 0 Å². The fourth-order valence-electron chi connectivity index (χ4n) is 4.23. The highest BCUT2D eigenvalue weighted by molar-refractivity contribution is 6.01. The lowest BCUT2D eigenvalue weighted by atomic mass is 9.98. The number of ether oxygens (including phenoxy) is 1. The van der Waals surface area contributed by atoms with Crippen LogP contribution >= 0.6 is 0 Å². The van der Waals surface area contributed by atoms with Gasteiger partial charge in [-0.25, -0.2) is 4.79 Å². The standard InChI is InChI=1S/C25H26N4O5/c1-15(24(31)32)12-28(2)23(30)22-21(13-29(3)27-22)26-25(33)34-14-20-18-10-6-4-8-16(18)17-9-5-7-11-19(17)20/h4-11,13,15,20H,12,14H2,1-3H3,(H,26,33)(H,31,32). The topological polar surface area (TPSA) is 114 Å². The second kappa shape index (κ2) is 9.38. The molecule has 0 fully saturated rings. The highest BCUT2D eigenvalue weighted by atomic mass is 16.5. The van der Waals surface area contributed by atoms with Gasteiger partial charge in [-0.05, 0) is 22.3 Å². The molecule has 2 amide bonds. The van der Waals surface area contributed by atoms with Crippen LogP contribution in [0, 0.1) is 5.92 Å². The van der Waals surface area contributed by atoms with Crippen molar-refractivity contribution in [2.24, 2.45) is 13.0 Å². The number of aliphatic carboxylic acids is 1. The lowest BCUT2D eigenvalue weighted by Gasteiger charge is -2.19.